The molecule has 1 fully saturated rings. The standard InChI is InChI=1S/C13H22ClN3O2S2/c1-13(2)4-7-17(8-9-20-13)21(18,19)12-10-15-16(11-12)6-3-5-14/h10-11H,3-9H2,1-2H3. The van der Waals surface area contributed by atoms with E-state index in [0.29, 0.717) is 25.5 Å². The molecule has 0 saturated carbocycles. The fraction of sp³-hybridized carbons (Fsp3) is 0.769. The van der Waals surface area contributed by atoms with Gasteiger partial charge < -0.3 is 0 Å². The lowest BCUT2D eigenvalue weighted by Gasteiger charge is -2.22. The molecule has 0 amide bonds. The molecule has 120 valence electrons. The van der Waals surface area contributed by atoms with Crippen molar-refractivity contribution in [3.05, 3.63) is 12.4 Å². The highest BCUT2D eigenvalue weighted by Crippen LogP contribution is 2.32. The number of aryl methyl sites for hydroxylation is 1. The van der Waals surface area contributed by atoms with Crippen molar-refractivity contribution in [1.82, 2.24) is 14.1 Å². The maximum Gasteiger partial charge on any atom is 0.246 e. The van der Waals surface area contributed by atoms with Gasteiger partial charge in [0.05, 0.1) is 6.20 Å². The summed E-state index contributed by atoms with van der Waals surface area (Å²) < 4.78 is 28.7. The number of sulfonamides is 1. The molecule has 0 unspecified atom stereocenters. The van der Waals surface area contributed by atoms with E-state index in [1.165, 1.54) is 6.20 Å². The lowest BCUT2D eigenvalue weighted by molar-refractivity contribution is 0.415. The fourth-order valence-corrected chi connectivity index (χ4v) is 4.94. The molecule has 8 heteroatoms. The molecule has 0 aliphatic carbocycles. The van der Waals surface area contributed by atoms with Gasteiger partial charge in [0.25, 0.3) is 0 Å². The van der Waals surface area contributed by atoms with Crippen LogP contribution in [0.1, 0.15) is 26.7 Å². The van der Waals surface area contributed by atoms with Crippen LogP contribution in [0, 0.1) is 0 Å². The lowest BCUT2D eigenvalue weighted by atomic mass is 10.1. The third kappa shape index (κ3) is 4.37. The first-order chi connectivity index (χ1) is 9.85. The lowest BCUT2D eigenvalue weighted by Crippen LogP contribution is -2.33. The SMILES string of the molecule is CC1(C)CCN(S(=O)(=O)c2cnn(CCCCl)c2)CCS1. The Morgan fingerprint density at radius 1 is 1.43 bits per heavy atom. The molecule has 0 N–H and O–H groups in total. The third-order valence-corrected chi connectivity index (χ3v) is 7.06. The van der Waals surface area contributed by atoms with Gasteiger partial charge in [0.2, 0.25) is 10.0 Å². The van der Waals surface area contributed by atoms with Gasteiger partial charge in [-0.15, -0.1) is 11.6 Å². The summed E-state index contributed by atoms with van der Waals surface area (Å²) in [7, 11) is -3.44. The zero-order valence-corrected chi connectivity index (χ0v) is 14.8. The van der Waals surface area contributed by atoms with E-state index in [9.17, 15) is 8.42 Å². The van der Waals surface area contributed by atoms with E-state index in [1.807, 2.05) is 11.8 Å². The highest BCUT2D eigenvalue weighted by atomic mass is 35.5. The van der Waals surface area contributed by atoms with E-state index >= 15 is 0 Å². The second-order valence-corrected chi connectivity index (χ2v) is 9.86. The zero-order chi connectivity index (χ0) is 15.5. The quantitative estimate of drug-likeness (QED) is 0.764. The largest absolute Gasteiger partial charge is 0.271 e. The summed E-state index contributed by atoms with van der Waals surface area (Å²) in [6, 6.07) is 0. The van der Waals surface area contributed by atoms with Gasteiger partial charge in [0, 0.05) is 42.2 Å². The van der Waals surface area contributed by atoms with Gasteiger partial charge in [0.1, 0.15) is 4.90 Å². The summed E-state index contributed by atoms with van der Waals surface area (Å²) in [5, 5.41) is 4.11. The van der Waals surface area contributed by atoms with Gasteiger partial charge in [-0.3, -0.25) is 4.68 Å². The number of thioether (sulfide) groups is 1. The van der Waals surface area contributed by atoms with Crippen LogP contribution >= 0.6 is 23.4 Å². The smallest absolute Gasteiger partial charge is 0.246 e. The van der Waals surface area contributed by atoms with Crippen molar-refractivity contribution in [2.45, 2.75) is 42.9 Å². The fourth-order valence-electron chi connectivity index (χ4n) is 2.21. The number of aromatic nitrogens is 2. The average Bonchev–Trinajstić information content (AvgIpc) is 2.81. The Morgan fingerprint density at radius 3 is 2.90 bits per heavy atom. The van der Waals surface area contributed by atoms with Crippen LogP contribution < -0.4 is 0 Å². The number of hydrogen-bond donors (Lipinski definition) is 0. The number of rotatable bonds is 5. The van der Waals surface area contributed by atoms with Crippen LogP contribution in [0.5, 0.6) is 0 Å². The van der Waals surface area contributed by atoms with Crippen molar-refractivity contribution >= 4 is 33.4 Å². The first-order valence-corrected chi connectivity index (χ1v) is 10.0. The third-order valence-electron chi connectivity index (χ3n) is 3.56. The molecule has 0 aromatic carbocycles. The minimum Gasteiger partial charge on any atom is -0.271 e. The van der Waals surface area contributed by atoms with Crippen LogP contribution in [0.2, 0.25) is 0 Å². The van der Waals surface area contributed by atoms with Crippen LogP contribution in [0.4, 0.5) is 0 Å². The number of hydrogen-bond acceptors (Lipinski definition) is 4. The zero-order valence-electron chi connectivity index (χ0n) is 12.5. The van der Waals surface area contributed by atoms with Crippen molar-refractivity contribution < 1.29 is 8.42 Å². The van der Waals surface area contributed by atoms with Crippen LogP contribution in [-0.2, 0) is 16.6 Å². The van der Waals surface area contributed by atoms with Gasteiger partial charge in [-0.05, 0) is 12.8 Å². The van der Waals surface area contributed by atoms with Crippen LogP contribution in [0.25, 0.3) is 0 Å². The highest BCUT2D eigenvalue weighted by molar-refractivity contribution is 8.00. The van der Waals surface area contributed by atoms with Gasteiger partial charge in [-0.2, -0.15) is 21.2 Å². The van der Waals surface area contributed by atoms with Crippen molar-refractivity contribution in [2.24, 2.45) is 0 Å². The summed E-state index contributed by atoms with van der Waals surface area (Å²) in [4.78, 5) is 0.279. The van der Waals surface area contributed by atoms with E-state index in [4.69, 9.17) is 11.6 Å². The van der Waals surface area contributed by atoms with E-state index in [-0.39, 0.29) is 9.64 Å². The summed E-state index contributed by atoms with van der Waals surface area (Å²) in [5.41, 5.74) is 0. The Balaban J connectivity index is 2.12. The summed E-state index contributed by atoms with van der Waals surface area (Å²) in [5.74, 6) is 1.37. The molecule has 0 atom stereocenters. The van der Waals surface area contributed by atoms with Crippen LogP contribution in [-0.4, -0.2) is 52.0 Å². The summed E-state index contributed by atoms with van der Waals surface area (Å²) in [6.07, 6.45) is 4.67. The molecule has 0 bridgehead atoms. The molecule has 5 nitrogen and oxygen atoms in total. The molecule has 2 rings (SSSR count). The predicted molar refractivity (Wildman–Crippen MR) is 87.5 cm³/mol. The molecule has 1 aliphatic heterocycles. The Hall–Kier alpha value is -0.240. The Bertz CT molecular complexity index is 572. The molecule has 1 aliphatic rings. The van der Waals surface area contributed by atoms with Crippen molar-refractivity contribution in [3.63, 3.8) is 0 Å². The average molecular weight is 352 g/mol. The highest BCUT2D eigenvalue weighted by Gasteiger charge is 2.31. The molecule has 1 saturated heterocycles. The maximum absolute atomic E-state index is 12.7. The molecule has 1 aromatic rings. The van der Waals surface area contributed by atoms with Crippen molar-refractivity contribution in [2.75, 3.05) is 24.7 Å². The molecular weight excluding hydrogens is 330 g/mol. The van der Waals surface area contributed by atoms with E-state index in [2.05, 4.69) is 18.9 Å². The number of nitrogens with zero attached hydrogens (tertiary/aromatic N) is 3. The molecule has 2 heterocycles. The molecule has 1 aromatic heterocycles. The Kier molecular flexibility index (Phi) is 5.62. The van der Waals surface area contributed by atoms with E-state index in [1.54, 1.807) is 15.2 Å². The van der Waals surface area contributed by atoms with E-state index in [0.717, 1.165) is 18.6 Å². The molecule has 21 heavy (non-hydrogen) atoms. The van der Waals surface area contributed by atoms with Gasteiger partial charge in [-0.1, -0.05) is 13.8 Å². The van der Waals surface area contributed by atoms with Crippen LogP contribution in [0.15, 0.2) is 17.3 Å². The van der Waals surface area contributed by atoms with Gasteiger partial charge >= 0.3 is 0 Å². The second-order valence-electron chi connectivity index (χ2n) is 5.74. The molecule has 0 radical (unpaired) electrons. The van der Waals surface area contributed by atoms with Crippen molar-refractivity contribution in [1.29, 1.82) is 0 Å². The summed E-state index contributed by atoms with van der Waals surface area (Å²) in [6.45, 7) is 6.09. The molecule has 0 spiro atoms. The minimum absolute atomic E-state index is 0.134. The topological polar surface area (TPSA) is 55.2 Å². The normalized spacial score (nSPS) is 20.3. The molecular formula is C13H22ClN3O2S2. The van der Waals surface area contributed by atoms with Gasteiger partial charge in [0.15, 0.2) is 0 Å². The number of halogens is 1. The van der Waals surface area contributed by atoms with Gasteiger partial charge in [-0.25, -0.2) is 8.42 Å². The number of alkyl halides is 1. The first-order valence-electron chi connectivity index (χ1n) is 7.08. The summed E-state index contributed by atoms with van der Waals surface area (Å²) >= 11 is 7.48. The Morgan fingerprint density at radius 2 is 2.19 bits per heavy atom. The Labute approximate surface area is 136 Å². The van der Waals surface area contributed by atoms with Crippen LogP contribution in [0.3, 0.4) is 0 Å². The van der Waals surface area contributed by atoms with E-state index < -0.39 is 10.0 Å². The maximum atomic E-state index is 12.7. The predicted octanol–water partition coefficient (Wildman–Crippen LogP) is 2.42. The van der Waals surface area contributed by atoms with Crippen molar-refractivity contribution in [3.8, 4) is 0 Å². The monoisotopic (exact) mass is 351 g/mol. The second kappa shape index (κ2) is 6.89. The minimum atomic E-state index is -3.44. The first kappa shape index (κ1) is 17.1.